The van der Waals surface area contributed by atoms with Gasteiger partial charge in [-0.3, -0.25) is 9.59 Å². The van der Waals surface area contributed by atoms with Crippen molar-refractivity contribution in [3.05, 3.63) is 41.0 Å². The number of nitrogens with one attached hydrogen (secondary N) is 2. The van der Waals surface area contributed by atoms with Gasteiger partial charge < -0.3 is 25.4 Å². The van der Waals surface area contributed by atoms with Crippen LogP contribution in [0.15, 0.2) is 29.8 Å². The molecule has 2 heterocycles. The fourth-order valence-electron chi connectivity index (χ4n) is 3.47. The number of β-amino-alcohol motifs (C(OH)–C–C–N with tert-alkyl or cyclic N) is 1. The van der Waals surface area contributed by atoms with Gasteiger partial charge in [0.2, 0.25) is 5.91 Å². The van der Waals surface area contributed by atoms with Crippen molar-refractivity contribution in [2.24, 2.45) is 0 Å². The number of hydrogen-bond acceptors (Lipinski definition) is 7. The topological polar surface area (TPSA) is 121 Å². The Morgan fingerprint density at radius 2 is 2.03 bits per heavy atom. The zero-order valence-electron chi connectivity index (χ0n) is 17.6. The molecule has 10 heteroatoms. The molecule has 1 aromatic heterocycles. The summed E-state index contributed by atoms with van der Waals surface area (Å²) in [6.45, 7) is 3.70. The highest BCUT2D eigenvalue weighted by molar-refractivity contribution is 7.13. The quantitative estimate of drug-likeness (QED) is 0.618. The second-order valence-corrected chi connectivity index (χ2v) is 8.23. The molecular formula is C21H26N4O5S. The van der Waals surface area contributed by atoms with E-state index >= 15 is 0 Å². The maximum atomic E-state index is 12.7. The van der Waals surface area contributed by atoms with E-state index in [-0.39, 0.29) is 18.9 Å². The third-order valence-electron chi connectivity index (χ3n) is 5.13. The summed E-state index contributed by atoms with van der Waals surface area (Å²) < 4.78 is 4.96. The van der Waals surface area contributed by atoms with Gasteiger partial charge in [-0.2, -0.15) is 0 Å². The number of ether oxygens (including phenoxy) is 1. The molecule has 1 fully saturated rings. The average Bonchev–Trinajstić information content (AvgIpc) is 3.37. The van der Waals surface area contributed by atoms with E-state index in [1.165, 1.54) is 18.9 Å². The number of amides is 3. The van der Waals surface area contributed by atoms with Crippen molar-refractivity contribution in [1.82, 2.24) is 20.5 Å². The highest BCUT2D eigenvalue weighted by Gasteiger charge is 2.41. The molecule has 3 rings (SSSR count). The Balaban J connectivity index is 1.60. The molecule has 0 saturated carbocycles. The number of nitrogens with zero attached hydrogens (tertiary/aromatic N) is 2. The number of likely N-dealkylation sites (tertiary alicyclic amines) is 1. The largest absolute Gasteiger partial charge is 0.436 e. The van der Waals surface area contributed by atoms with Crippen LogP contribution in [0.5, 0.6) is 0 Å². The lowest BCUT2D eigenvalue weighted by Gasteiger charge is -2.26. The van der Waals surface area contributed by atoms with E-state index in [0.29, 0.717) is 6.54 Å². The molecular weight excluding hydrogens is 420 g/mol. The molecule has 1 saturated heterocycles. The lowest BCUT2D eigenvalue weighted by molar-refractivity contribution is -0.144. The maximum Gasteiger partial charge on any atom is 0.407 e. The van der Waals surface area contributed by atoms with E-state index in [1.807, 2.05) is 36.7 Å². The van der Waals surface area contributed by atoms with Crippen molar-refractivity contribution in [3.63, 3.8) is 0 Å². The molecule has 0 bridgehead atoms. The van der Waals surface area contributed by atoms with Crippen LogP contribution in [0.25, 0.3) is 10.4 Å². The van der Waals surface area contributed by atoms with Crippen molar-refractivity contribution in [1.29, 1.82) is 0 Å². The van der Waals surface area contributed by atoms with Crippen LogP contribution in [0.4, 0.5) is 4.79 Å². The van der Waals surface area contributed by atoms with Gasteiger partial charge in [0.05, 0.1) is 22.2 Å². The van der Waals surface area contributed by atoms with Crippen LogP contribution in [-0.4, -0.2) is 64.7 Å². The first-order chi connectivity index (χ1) is 14.8. The van der Waals surface area contributed by atoms with E-state index < -0.39 is 30.3 Å². The van der Waals surface area contributed by atoms with Gasteiger partial charge in [-0.25, -0.2) is 9.78 Å². The molecule has 0 spiro atoms. The number of carbonyl (C=O) groups excluding carboxylic acids is 3. The Bertz CT molecular complexity index is 946. The van der Waals surface area contributed by atoms with Gasteiger partial charge in [0, 0.05) is 26.6 Å². The van der Waals surface area contributed by atoms with E-state index in [9.17, 15) is 19.5 Å². The smallest absolute Gasteiger partial charge is 0.407 e. The maximum absolute atomic E-state index is 12.7. The van der Waals surface area contributed by atoms with Gasteiger partial charge in [-0.15, -0.1) is 11.3 Å². The fraction of sp³-hybridized carbons (Fsp3) is 0.429. The van der Waals surface area contributed by atoms with Crippen LogP contribution < -0.4 is 10.6 Å². The van der Waals surface area contributed by atoms with Crippen LogP contribution in [0.2, 0.25) is 0 Å². The third kappa shape index (κ3) is 5.39. The SMILES string of the molecule is CNC(=O)OC(C)C(=O)N1C[C@@H](O)C[C@@H]1C(=O)NCc1ccc(-c2scnc2C)cc1. The normalized spacial score (nSPS) is 19.0. The van der Waals surface area contributed by atoms with E-state index in [0.717, 1.165) is 21.7 Å². The number of benzene rings is 1. The summed E-state index contributed by atoms with van der Waals surface area (Å²) in [7, 11) is 1.39. The number of aryl methyl sites for hydroxylation is 1. The number of alkyl carbamates (subject to hydrolysis) is 1. The van der Waals surface area contributed by atoms with Gasteiger partial charge in [0.1, 0.15) is 6.04 Å². The molecule has 1 aliphatic heterocycles. The second-order valence-electron chi connectivity index (χ2n) is 7.38. The first-order valence-electron chi connectivity index (χ1n) is 9.94. The molecule has 9 nitrogen and oxygen atoms in total. The number of aliphatic hydroxyl groups excluding tert-OH is 1. The monoisotopic (exact) mass is 446 g/mol. The van der Waals surface area contributed by atoms with E-state index in [2.05, 4.69) is 15.6 Å². The van der Waals surface area contributed by atoms with Crippen LogP contribution >= 0.6 is 11.3 Å². The highest BCUT2D eigenvalue weighted by atomic mass is 32.1. The lowest BCUT2D eigenvalue weighted by atomic mass is 10.1. The van der Waals surface area contributed by atoms with Crippen LogP contribution in [0, 0.1) is 6.92 Å². The number of carbonyl (C=O) groups is 3. The predicted molar refractivity (Wildman–Crippen MR) is 115 cm³/mol. The minimum Gasteiger partial charge on any atom is -0.436 e. The molecule has 2 aromatic rings. The van der Waals surface area contributed by atoms with Crippen LogP contribution in [-0.2, 0) is 20.9 Å². The number of rotatable bonds is 6. The average molecular weight is 447 g/mol. The highest BCUT2D eigenvalue weighted by Crippen LogP contribution is 2.27. The standard InChI is InChI=1S/C21H26N4O5S/c1-12-18(31-11-24-12)15-6-4-14(5-7-15)9-23-19(27)17-8-16(26)10-25(17)20(28)13(2)30-21(29)22-3/h4-7,11,13,16-17,26H,8-10H2,1-3H3,(H,22,29)(H,23,27)/t13?,16-,17+/m0/s1. The number of hydrogen-bond donors (Lipinski definition) is 3. The zero-order valence-corrected chi connectivity index (χ0v) is 18.4. The second kappa shape index (κ2) is 9.88. The summed E-state index contributed by atoms with van der Waals surface area (Å²) in [5.41, 5.74) is 4.76. The molecule has 166 valence electrons. The van der Waals surface area contributed by atoms with E-state index in [4.69, 9.17) is 4.74 Å². The van der Waals surface area contributed by atoms with E-state index in [1.54, 1.807) is 11.3 Å². The molecule has 0 aliphatic carbocycles. The first-order valence-corrected chi connectivity index (χ1v) is 10.8. The Morgan fingerprint density at radius 3 is 2.65 bits per heavy atom. The molecule has 31 heavy (non-hydrogen) atoms. The molecule has 0 radical (unpaired) electrons. The lowest BCUT2D eigenvalue weighted by Crippen LogP contribution is -2.49. The van der Waals surface area contributed by atoms with Gasteiger partial charge in [-0.05, 0) is 25.0 Å². The van der Waals surface area contributed by atoms with Crippen LogP contribution in [0.3, 0.4) is 0 Å². The number of aromatic nitrogens is 1. The summed E-state index contributed by atoms with van der Waals surface area (Å²) in [4.78, 5) is 43.4. The van der Waals surface area contributed by atoms with Crippen LogP contribution in [0.1, 0.15) is 24.6 Å². The van der Waals surface area contributed by atoms with Gasteiger partial charge >= 0.3 is 6.09 Å². The molecule has 1 aliphatic rings. The zero-order chi connectivity index (χ0) is 22.5. The molecule has 1 unspecified atom stereocenters. The summed E-state index contributed by atoms with van der Waals surface area (Å²) in [6.07, 6.45) is -2.48. The van der Waals surface area contributed by atoms with Crippen molar-refractivity contribution >= 4 is 29.2 Å². The van der Waals surface area contributed by atoms with Gasteiger partial charge in [0.15, 0.2) is 6.10 Å². The third-order valence-corrected chi connectivity index (χ3v) is 6.11. The van der Waals surface area contributed by atoms with Gasteiger partial charge in [0.25, 0.3) is 5.91 Å². The molecule has 3 amide bonds. The minimum absolute atomic E-state index is 0.0151. The number of thiazole rings is 1. The first kappa shape index (κ1) is 22.7. The Labute approximate surface area is 184 Å². The van der Waals surface area contributed by atoms with Crippen molar-refractivity contribution < 1.29 is 24.2 Å². The fourth-order valence-corrected chi connectivity index (χ4v) is 4.28. The molecule has 3 N–H and O–H groups in total. The number of aliphatic hydroxyl groups is 1. The minimum atomic E-state index is -1.07. The summed E-state index contributed by atoms with van der Waals surface area (Å²) in [5, 5.41) is 15.1. The van der Waals surface area contributed by atoms with Gasteiger partial charge in [-0.1, -0.05) is 24.3 Å². The van der Waals surface area contributed by atoms with Crippen molar-refractivity contribution in [3.8, 4) is 10.4 Å². The summed E-state index contributed by atoms with van der Waals surface area (Å²) >= 11 is 1.58. The summed E-state index contributed by atoms with van der Waals surface area (Å²) in [5.74, 6) is -0.885. The molecule has 3 atom stereocenters. The van der Waals surface area contributed by atoms with Crippen molar-refractivity contribution in [2.45, 2.75) is 45.1 Å². The summed E-state index contributed by atoms with van der Waals surface area (Å²) in [6, 6.07) is 7.00. The predicted octanol–water partition coefficient (Wildman–Crippen LogP) is 1.44. The Hall–Kier alpha value is -2.98. The molecule has 1 aromatic carbocycles. The Kier molecular flexibility index (Phi) is 7.24. The van der Waals surface area contributed by atoms with Crippen molar-refractivity contribution in [2.75, 3.05) is 13.6 Å². The Morgan fingerprint density at radius 1 is 1.32 bits per heavy atom.